The summed E-state index contributed by atoms with van der Waals surface area (Å²) in [5, 5.41) is 0.746. The SMILES string of the molecule is CN(C)C(=O)C(COC(=O)c1cncc2[nH]ccc12)c1ccccc1. The van der Waals surface area contributed by atoms with Crippen molar-refractivity contribution in [1.82, 2.24) is 14.9 Å². The number of esters is 1. The molecule has 1 atom stereocenters. The van der Waals surface area contributed by atoms with Gasteiger partial charge >= 0.3 is 5.97 Å². The highest BCUT2D eigenvalue weighted by atomic mass is 16.5. The van der Waals surface area contributed by atoms with Gasteiger partial charge in [-0.2, -0.15) is 0 Å². The number of likely N-dealkylation sites (N-methyl/N-ethyl adjacent to an activating group) is 1. The molecule has 0 bridgehead atoms. The first-order valence-electron chi connectivity index (χ1n) is 7.92. The number of benzene rings is 1. The highest BCUT2D eigenvalue weighted by Crippen LogP contribution is 2.21. The largest absolute Gasteiger partial charge is 0.461 e. The van der Waals surface area contributed by atoms with Gasteiger partial charge in [-0.15, -0.1) is 0 Å². The zero-order valence-corrected chi connectivity index (χ0v) is 14.1. The molecule has 3 rings (SSSR count). The van der Waals surface area contributed by atoms with Crippen LogP contribution in [-0.2, 0) is 9.53 Å². The molecule has 0 spiro atoms. The van der Waals surface area contributed by atoms with Crippen molar-refractivity contribution in [3.05, 3.63) is 66.1 Å². The van der Waals surface area contributed by atoms with Crippen molar-refractivity contribution in [3.63, 3.8) is 0 Å². The highest BCUT2D eigenvalue weighted by molar-refractivity contribution is 6.03. The summed E-state index contributed by atoms with van der Waals surface area (Å²) in [5.41, 5.74) is 1.95. The molecule has 128 valence electrons. The Morgan fingerprint density at radius 2 is 1.92 bits per heavy atom. The molecule has 0 saturated carbocycles. The molecule has 25 heavy (non-hydrogen) atoms. The number of nitrogens with zero attached hydrogens (tertiary/aromatic N) is 2. The number of hydrogen-bond donors (Lipinski definition) is 1. The zero-order valence-electron chi connectivity index (χ0n) is 14.1. The van der Waals surface area contributed by atoms with Crippen LogP contribution in [0.3, 0.4) is 0 Å². The summed E-state index contributed by atoms with van der Waals surface area (Å²) in [6.45, 7) is -0.0271. The van der Waals surface area contributed by atoms with Gasteiger partial charge in [0, 0.05) is 31.9 Å². The fourth-order valence-electron chi connectivity index (χ4n) is 2.69. The fourth-order valence-corrected chi connectivity index (χ4v) is 2.69. The van der Waals surface area contributed by atoms with Gasteiger partial charge in [-0.05, 0) is 11.6 Å². The molecule has 1 amide bonds. The Labute approximate surface area is 145 Å². The summed E-state index contributed by atoms with van der Waals surface area (Å²) in [6, 6.07) is 11.1. The summed E-state index contributed by atoms with van der Waals surface area (Å²) in [5.74, 6) is -1.15. The molecule has 1 aromatic carbocycles. The number of carbonyl (C=O) groups is 2. The van der Waals surface area contributed by atoms with Gasteiger partial charge in [0.25, 0.3) is 0 Å². The van der Waals surface area contributed by atoms with Crippen LogP contribution >= 0.6 is 0 Å². The molecule has 6 heteroatoms. The second-order valence-corrected chi connectivity index (χ2v) is 5.92. The van der Waals surface area contributed by atoms with Crippen molar-refractivity contribution in [3.8, 4) is 0 Å². The molecule has 1 unspecified atom stereocenters. The van der Waals surface area contributed by atoms with Gasteiger partial charge < -0.3 is 14.6 Å². The summed E-state index contributed by atoms with van der Waals surface area (Å²) in [6.07, 6.45) is 4.86. The second-order valence-electron chi connectivity index (χ2n) is 5.92. The van der Waals surface area contributed by atoms with Crippen molar-refractivity contribution in [2.75, 3.05) is 20.7 Å². The monoisotopic (exact) mass is 337 g/mol. The molecule has 0 radical (unpaired) electrons. The number of rotatable bonds is 5. The van der Waals surface area contributed by atoms with E-state index in [2.05, 4.69) is 9.97 Å². The Morgan fingerprint density at radius 3 is 2.64 bits per heavy atom. The molecule has 0 aliphatic heterocycles. The lowest BCUT2D eigenvalue weighted by molar-refractivity contribution is -0.131. The smallest absolute Gasteiger partial charge is 0.340 e. The third kappa shape index (κ3) is 3.52. The van der Waals surface area contributed by atoms with Crippen LogP contribution in [0.1, 0.15) is 21.8 Å². The van der Waals surface area contributed by atoms with E-state index < -0.39 is 11.9 Å². The van der Waals surface area contributed by atoms with Crippen LogP contribution in [0.25, 0.3) is 10.9 Å². The number of nitrogens with one attached hydrogen (secondary N) is 1. The zero-order chi connectivity index (χ0) is 17.8. The molecular formula is C19H19N3O3. The lowest BCUT2D eigenvalue weighted by Gasteiger charge is -2.21. The lowest BCUT2D eigenvalue weighted by atomic mass is 9.99. The summed E-state index contributed by atoms with van der Waals surface area (Å²) < 4.78 is 5.45. The standard InChI is InChI=1S/C19H19N3O3/c1-22(2)18(23)16(13-6-4-3-5-7-13)12-25-19(24)15-10-20-11-17-14(15)8-9-21-17/h3-11,16,21H,12H2,1-2H3. The minimum atomic E-state index is -0.543. The number of hydrogen-bond acceptors (Lipinski definition) is 4. The van der Waals surface area contributed by atoms with Gasteiger partial charge in [0.1, 0.15) is 6.61 Å². The van der Waals surface area contributed by atoms with E-state index >= 15 is 0 Å². The van der Waals surface area contributed by atoms with Gasteiger partial charge in [0.05, 0.1) is 23.2 Å². The molecule has 2 aromatic heterocycles. The van der Waals surface area contributed by atoms with Crippen LogP contribution in [0.2, 0.25) is 0 Å². The van der Waals surface area contributed by atoms with Gasteiger partial charge in [-0.1, -0.05) is 30.3 Å². The van der Waals surface area contributed by atoms with Crippen molar-refractivity contribution < 1.29 is 14.3 Å². The van der Waals surface area contributed by atoms with Gasteiger partial charge in [0.15, 0.2) is 0 Å². The third-order valence-corrected chi connectivity index (χ3v) is 4.02. The molecule has 3 aromatic rings. The number of fused-ring (bicyclic) bond motifs is 1. The van der Waals surface area contributed by atoms with E-state index in [0.29, 0.717) is 5.56 Å². The molecular weight excluding hydrogens is 318 g/mol. The normalized spacial score (nSPS) is 11.9. The number of aromatic amines is 1. The van der Waals surface area contributed by atoms with Crippen molar-refractivity contribution >= 4 is 22.8 Å². The third-order valence-electron chi connectivity index (χ3n) is 4.02. The van der Waals surface area contributed by atoms with E-state index in [1.54, 1.807) is 32.6 Å². The van der Waals surface area contributed by atoms with Crippen LogP contribution in [0, 0.1) is 0 Å². The minimum Gasteiger partial charge on any atom is -0.461 e. The number of amides is 1. The van der Waals surface area contributed by atoms with Crippen molar-refractivity contribution in [2.45, 2.75) is 5.92 Å². The molecule has 0 aliphatic rings. The Bertz CT molecular complexity index is 887. The molecule has 2 heterocycles. The summed E-state index contributed by atoms with van der Waals surface area (Å²) in [7, 11) is 3.37. The predicted molar refractivity (Wildman–Crippen MR) is 94.3 cm³/mol. The first-order chi connectivity index (χ1) is 12.1. The quantitative estimate of drug-likeness (QED) is 0.726. The van der Waals surface area contributed by atoms with Crippen LogP contribution in [0.4, 0.5) is 0 Å². The van der Waals surface area contributed by atoms with Gasteiger partial charge in [-0.25, -0.2) is 4.79 Å². The van der Waals surface area contributed by atoms with E-state index in [1.165, 1.54) is 11.1 Å². The van der Waals surface area contributed by atoms with Crippen LogP contribution < -0.4 is 0 Å². The van der Waals surface area contributed by atoms with Gasteiger partial charge in [0.2, 0.25) is 5.91 Å². The summed E-state index contributed by atoms with van der Waals surface area (Å²) in [4.78, 5) is 33.5. The predicted octanol–water partition coefficient (Wildman–Crippen LogP) is 2.59. The minimum absolute atomic E-state index is 0.0271. The Kier molecular flexibility index (Phi) is 4.79. The van der Waals surface area contributed by atoms with E-state index in [4.69, 9.17) is 4.74 Å². The molecule has 0 saturated heterocycles. The van der Waals surface area contributed by atoms with E-state index in [-0.39, 0.29) is 12.5 Å². The highest BCUT2D eigenvalue weighted by Gasteiger charge is 2.24. The van der Waals surface area contributed by atoms with Gasteiger partial charge in [-0.3, -0.25) is 9.78 Å². The lowest BCUT2D eigenvalue weighted by Crippen LogP contribution is -2.31. The molecule has 6 nitrogen and oxygen atoms in total. The maximum absolute atomic E-state index is 12.5. The number of ether oxygens (including phenoxy) is 1. The van der Waals surface area contributed by atoms with Crippen LogP contribution in [0.5, 0.6) is 0 Å². The van der Waals surface area contributed by atoms with E-state index in [0.717, 1.165) is 16.5 Å². The average Bonchev–Trinajstić information content (AvgIpc) is 3.11. The van der Waals surface area contributed by atoms with Crippen LogP contribution in [0.15, 0.2) is 55.0 Å². The number of pyridine rings is 1. The fraction of sp³-hybridized carbons (Fsp3) is 0.211. The topological polar surface area (TPSA) is 75.3 Å². The Morgan fingerprint density at radius 1 is 1.16 bits per heavy atom. The molecule has 0 fully saturated rings. The Balaban J connectivity index is 1.80. The van der Waals surface area contributed by atoms with Crippen molar-refractivity contribution in [1.29, 1.82) is 0 Å². The average molecular weight is 337 g/mol. The second kappa shape index (κ2) is 7.17. The maximum atomic E-state index is 12.5. The van der Waals surface area contributed by atoms with Crippen LogP contribution in [-0.4, -0.2) is 47.4 Å². The molecule has 0 aliphatic carbocycles. The van der Waals surface area contributed by atoms with Crippen molar-refractivity contribution in [2.24, 2.45) is 0 Å². The molecule has 1 N–H and O–H groups in total. The first kappa shape index (κ1) is 16.7. The number of H-pyrrole nitrogens is 1. The first-order valence-corrected chi connectivity index (χ1v) is 7.92. The number of carbonyl (C=O) groups excluding carboxylic acids is 2. The number of aromatic nitrogens is 2. The maximum Gasteiger partial charge on any atom is 0.340 e. The van der Waals surface area contributed by atoms with E-state index in [9.17, 15) is 9.59 Å². The summed E-state index contributed by atoms with van der Waals surface area (Å²) >= 11 is 0. The van der Waals surface area contributed by atoms with E-state index in [1.807, 2.05) is 30.3 Å². The Hall–Kier alpha value is -3.15.